The molecule has 0 saturated carbocycles. The lowest BCUT2D eigenvalue weighted by Crippen LogP contribution is -2.36. The Morgan fingerprint density at radius 2 is 1.86 bits per heavy atom. The van der Waals surface area contributed by atoms with E-state index in [0.717, 1.165) is 10.8 Å². The van der Waals surface area contributed by atoms with E-state index in [-0.39, 0.29) is 12.6 Å². The van der Waals surface area contributed by atoms with Crippen LogP contribution in [0.1, 0.15) is 6.92 Å². The lowest BCUT2D eigenvalue weighted by atomic mass is 10.1. The topological polar surface area (TPSA) is 58.6 Å². The Bertz CT molecular complexity index is 650. The largest absolute Gasteiger partial charge is 0.465 e. The van der Waals surface area contributed by atoms with Gasteiger partial charge in [-0.05, 0) is 18.4 Å². The van der Waals surface area contributed by atoms with Gasteiger partial charge in [-0.2, -0.15) is 0 Å². The van der Waals surface area contributed by atoms with E-state index in [4.69, 9.17) is 4.74 Å². The van der Waals surface area contributed by atoms with Crippen molar-refractivity contribution in [1.82, 2.24) is 4.90 Å². The fraction of sp³-hybridized carbons (Fsp3) is 0.250. The molecule has 0 spiro atoms. The van der Waals surface area contributed by atoms with Gasteiger partial charge < -0.3 is 15.0 Å². The summed E-state index contributed by atoms with van der Waals surface area (Å²) in [6, 6.07) is 13.1. The maximum absolute atomic E-state index is 12.1. The van der Waals surface area contributed by atoms with Gasteiger partial charge in [0.05, 0.1) is 12.3 Å². The van der Waals surface area contributed by atoms with Crippen LogP contribution in [0.15, 0.2) is 42.5 Å². The van der Waals surface area contributed by atoms with Crippen LogP contribution in [0.5, 0.6) is 0 Å². The average molecular weight is 286 g/mol. The SMILES string of the molecule is CCOC(=O)CN(C)C(=O)Nc1cccc2ccccc12. The highest BCUT2D eigenvalue weighted by atomic mass is 16.5. The second-order valence-electron chi connectivity index (χ2n) is 4.62. The summed E-state index contributed by atoms with van der Waals surface area (Å²) in [7, 11) is 1.55. The molecule has 0 fully saturated rings. The molecule has 0 saturated heterocycles. The number of carbonyl (C=O) groups excluding carboxylic acids is 2. The van der Waals surface area contributed by atoms with E-state index in [9.17, 15) is 9.59 Å². The van der Waals surface area contributed by atoms with E-state index >= 15 is 0 Å². The smallest absolute Gasteiger partial charge is 0.325 e. The van der Waals surface area contributed by atoms with Crippen molar-refractivity contribution in [1.29, 1.82) is 0 Å². The van der Waals surface area contributed by atoms with Gasteiger partial charge in [-0.15, -0.1) is 0 Å². The summed E-state index contributed by atoms with van der Waals surface area (Å²) >= 11 is 0. The van der Waals surface area contributed by atoms with Crippen LogP contribution < -0.4 is 5.32 Å². The van der Waals surface area contributed by atoms with Gasteiger partial charge in [0.15, 0.2) is 0 Å². The minimum absolute atomic E-state index is 0.0789. The van der Waals surface area contributed by atoms with Gasteiger partial charge in [-0.1, -0.05) is 36.4 Å². The Kier molecular flexibility index (Phi) is 4.77. The number of benzene rings is 2. The number of rotatable bonds is 4. The quantitative estimate of drug-likeness (QED) is 0.879. The predicted molar refractivity (Wildman–Crippen MR) is 82.2 cm³/mol. The number of nitrogens with one attached hydrogen (secondary N) is 1. The molecule has 0 aliphatic rings. The molecule has 5 nitrogen and oxygen atoms in total. The van der Waals surface area contributed by atoms with Crippen LogP contribution in [0.3, 0.4) is 0 Å². The maximum atomic E-state index is 12.1. The van der Waals surface area contributed by atoms with E-state index in [1.165, 1.54) is 4.90 Å². The molecule has 2 aromatic rings. The number of likely N-dealkylation sites (N-methyl/N-ethyl adjacent to an activating group) is 1. The number of ether oxygens (including phenoxy) is 1. The van der Waals surface area contributed by atoms with Gasteiger partial charge in [-0.3, -0.25) is 4.79 Å². The standard InChI is InChI=1S/C16H18N2O3/c1-3-21-15(19)11-18(2)16(20)17-14-10-6-8-12-7-4-5-9-13(12)14/h4-10H,3,11H2,1-2H3,(H,17,20). The summed E-state index contributed by atoms with van der Waals surface area (Å²) in [6.45, 7) is 1.95. The number of urea groups is 1. The first kappa shape index (κ1) is 14.8. The third kappa shape index (κ3) is 3.72. The molecule has 1 N–H and O–H groups in total. The Hall–Kier alpha value is -2.56. The molecule has 21 heavy (non-hydrogen) atoms. The monoisotopic (exact) mass is 286 g/mol. The molecule has 0 bridgehead atoms. The number of esters is 1. The van der Waals surface area contributed by atoms with Crippen LogP contribution in [0.4, 0.5) is 10.5 Å². The fourth-order valence-electron chi connectivity index (χ4n) is 2.02. The highest BCUT2D eigenvalue weighted by Gasteiger charge is 2.14. The number of hydrogen-bond acceptors (Lipinski definition) is 3. The molecule has 0 heterocycles. The zero-order valence-corrected chi connectivity index (χ0v) is 12.1. The van der Waals surface area contributed by atoms with E-state index < -0.39 is 5.97 Å². The highest BCUT2D eigenvalue weighted by molar-refractivity contribution is 6.01. The molecule has 2 amide bonds. The van der Waals surface area contributed by atoms with E-state index in [1.807, 2.05) is 42.5 Å². The molecule has 2 rings (SSSR count). The van der Waals surface area contributed by atoms with Gasteiger partial charge >= 0.3 is 12.0 Å². The zero-order chi connectivity index (χ0) is 15.2. The lowest BCUT2D eigenvalue weighted by molar-refractivity contribution is -0.143. The summed E-state index contributed by atoms with van der Waals surface area (Å²) in [5.41, 5.74) is 0.716. The summed E-state index contributed by atoms with van der Waals surface area (Å²) < 4.78 is 4.82. The lowest BCUT2D eigenvalue weighted by Gasteiger charge is -2.17. The van der Waals surface area contributed by atoms with Gasteiger partial charge in [0.1, 0.15) is 6.54 Å². The van der Waals surface area contributed by atoms with Crippen molar-refractivity contribution >= 4 is 28.5 Å². The number of nitrogens with zero attached hydrogens (tertiary/aromatic N) is 1. The molecular weight excluding hydrogens is 268 g/mol. The molecule has 0 atom stereocenters. The highest BCUT2D eigenvalue weighted by Crippen LogP contribution is 2.23. The van der Waals surface area contributed by atoms with Crippen LogP contribution in [0, 0.1) is 0 Å². The van der Waals surface area contributed by atoms with Crippen LogP contribution in [0.25, 0.3) is 10.8 Å². The van der Waals surface area contributed by atoms with Crippen molar-refractivity contribution in [3.8, 4) is 0 Å². The van der Waals surface area contributed by atoms with Gasteiger partial charge in [0.25, 0.3) is 0 Å². The summed E-state index contributed by atoms with van der Waals surface area (Å²) in [6.07, 6.45) is 0. The Morgan fingerprint density at radius 3 is 2.62 bits per heavy atom. The third-order valence-corrected chi connectivity index (χ3v) is 3.05. The molecule has 2 aromatic carbocycles. The first-order chi connectivity index (χ1) is 10.1. The number of fused-ring (bicyclic) bond motifs is 1. The molecule has 0 aromatic heterocycles. The van der Waals surface area contributed by atoms with Gasteiger partial charge in [-0.25, -0.2) is 4.79 Å². The predicted octanol–water partition coefficient (Wildman–Crippen LogP) is 2.87. The Morgan fingerprint density at radius 1 is 1.14 bits per heavy atom. The number of carbonyl (C=O) groups is 2. The van der Waals surface area contributed by atoms with Crippen molar-refractivity contribution in [2.24, 2.45) is 0 Å². The summed E-state index contributed by atoms with van der Waals surface area (Å²) in [5, 5.41) is 4.81. The van der Waals surface area contributed by atoms with Crippen LogP contribution >= 0.6 is 0 Å². The third-order valence-electron chi connectivity index (χ3n) is 3.05. The van der Waals surface area contributed by atoms with Crippen molar-refractivity contribution in [3.63, 3.8) is 0 Å². The minimum atomic E-state index is -0.423. The van der Waals surface area contributed by atoms with Gasteiger partial charge in [0.2, 0.25) is 0 Å². The number of amides is 2. The van der Waals surface area contributed by atoms with Crippen molar-refractivity contribution in [2.45, 2.75) is 6.92 Å². The van der Waals surface area contributed by atoms with E-state index in [0.29, 0.717) is 12.3 Å². The summed E-state index contributed by atoms with van der Waals surface area (Å²) in [4.78, 5) is 24.8. The first-order valence-corrected chi connectivity index (χ1v) is 6.77. The zero-order valence-electron chi connectivity index (χ0n) is 12.1. The Labute approximate surface area is 123 Å². The molecule has 5 heteroatoms. The van der Waals surface area contributed by atoms with Gasteiger partial charge in [0, 0.05) is 12.4 Å². The average Bonchev–Trinajstić information content (AvgIpc) is 2.47. The van der Waals surface area contributed by atoms with E-state index in [1.54, 1.807) is 14.0 Å². The maximum Gasteiger partial charge on any atom is 0.325 e. The second-order valence-corrected chi connectivity index (χ2v) is 4.62. The molecule has 0 unspecified atom stereocenters. The number of anilines is 1. The normalized spacial score (nSPS) is 10.2. The van der Waals surface area contributed by atoms with Crippen molar-refractivity contribution in [2.75, 3.05) is 25.5 Å². The number of hydrogen-bond donors (Lipinski definition) is 1. The van der Waals surface area contributed by atoms with Crippen molar-refractivity contribution in [3.05, 3.63) is 42.5 Å². The van der Waals surface area contributed by atoms with Crippen LogP contribution in [-0.4, -0.2) is 37.1 Å². The minimum Gasteiger partial charge on any atom is -0.465 e. The molecule has 110 valence electrons. The fourth-order valence-corrected chi connectivity index (χ4v) is 2.02. The van der Waals surface area contributed by atoms with Crippen molar-refractivity contribution < 1.29 is 14.3 Å². The Balaban J connectivity index is 2.09. The van der Waals surface area contributed by atoms with Crippen LogP contribution in [0.2, 0.25) is 0 Å². The molecule has 0 aliphatic carbocycles. The molecular formula is C16H18N2O3. The molecule has 0 radical (unpaired) electrons. The molecule has 0 aliphatic heterocycles. The second kappa shape index (κ2) is 6.74. The van der Waals surface area contributed by atoms with E-state index in [2.05, 4.69) is 5.32 Å². The van der Waals surface area contributed by atoms with Crippen LogP contribution in [-0.2, 0) is 9.53 Å². The summed E-state index contributed by atoms with van der Waals surface area (Å²) in [5.74, 6) is -0.423. The first-order valence-electron chi connectivity index (χ1n) is 6.77.